The molecule has 0 aliphatic heterocycles. The molecule has 0 unspecified atom stereocenters. The number of alkyl halides is 3. The Balaban J connectivity index is 0.000000479. The standard InChI is InChI=1S/C19H18BrN3O3.C2HF3O2/c1-23-15-6-3-2-5-14(15)16(12-19(23)25)26-10-4-7-18(24)22-13-8-9-21-17(20)11-13;3-2(4,5)1(6)7/h2-3,5-6,8-9,11-12H,4,7,10H2,1H3,(H,21,22,24);(H,6,7). The van der Waals surface area contributed by atoms with E-state index >= 15 is 0 Å². The predicted molar refractivity (Wildman–Crippen MR) is 118 cm³/mol. The Morgan fingerprint density at radius 3 is 2.52 bits per heavy atom. The number of aryl methyl sites for hydroxylation is 1. The molecule has 1 amide bonds. The lowest BCUT2D eigenvalue weighted by molar-refractivity contribution is -0.192. The SMILES string of the molecule is Cn1c(=O)cc(OCCCC(=O)Nc2ccnc(Br)c2)c2ccccc21.O=C(O)C(F)(F)F. The van der Waals surface area contributed by atoms with Crippen LogP contribution in [-0.2, 0) is 16.6 Å². The maximum Gasteiger partial charge on any atom is 0.490 e. The number of carbonyl (C=O) groups excluding carboxylic acids is 1. The van der Waals surface area contributed by atoms with Gasteiger partial charge in [-0.3, -0.25) is 9.59 Å². The predicted octanol–water partition coefficient (Wildman–Crippen LogP) is 4.13. The van der Waals surface area contributed by atoms with Gasteiger partial charge in [-0.15, -0.1) is 0 Å². The van der Waals surface area contributed by atoms with E-state index in [1.807, 2.05) is 24.3 Å². The van der Waals surface area contributed by atoms with Crippen LogP contribution < -0.4 is 15.6 Å². The third-order valence-corrected chi connectivity index (χ3v) is 4.61. The van der Waals surface area contributed by atoms with Gasteiger partial charge in [-0.05, 0) is 46.6 Å². The number of para-hydroxylation sites is 1. The number of carboxylic acid groups (broad SMARTS) is 1. The van der Waals surface area contributed by atoms with Crippen molar-refractivity contribution >= 4 is 44.4 Å². The summed E-state index contributed by atoms with van der Waals surface area (Å²) in [7, 11) is 1.73. The molecule has 2 heterocycles. The molecule has 0 radical (unpaired) electrons. The van der Waals surface area contributed by atoms with Crippen molar-refractivity contribution in [2.45, 2.75) is 19.0 Å². The lowest BCUT2D eigenvalue weighted by atomic mass is 10.2. The minimum atomic E-state index is -5.08. The van der Waals surface area contributed by atoms with Gasteiger partial charge in [-0.1, -0.05) is 12.1 Å². The molecule has 0 spiro atoms. The summed E-state index contributed by atoms with van der Waals surface area (Å²) in [6.45, 7) is 0.352. The number of halogens is 4. The van der Waals surface area contributed by atoms with Crippen LogP contribution in [0.3, 0.4) is 0 Å². The second kappa shape index (κ2) is 11.5. The minimum Gasteiger partial charge on any atom is -0.493 e. The maximum absolute atomic E-state index is 12.0. The lowest BCUT2D eigenvalue weighted by Gasteiger charge is -2.11. The first kappa shape index (κ1) is 25.8. The van der Waals surface area contributed by atoms with Crippen molar-refractivity contribution in [3.63, 3.8) is 0 Å². The van der Waals surface area contributed by atoms with Gasteiger partial charge < -0.3 is 19.7 Å². The van der Waals surface area contributed by atoms with Crippen LogP contribution in [0.15, 0.2) is 58.1 Å². The molecule has 33 heavy (non-hydrogen) atoms. The molecule has 0 aliphatic rings. The van der Waals surface area contributed by atoms with E-state index in [9.17, 15) is 22.8 Å². The van der Waals surface area contributed by atoms with Gasteiger partial charge in [0, 0.05) is 36.8 Å². The summed E-state index contributed by atoms with van der Waals surface area (Å²) in [6.07, 6.45) is -2.60. The number of fused-ring (bicyclic) bond motifs is 1. The normalized spacial score (nSPS) is 10.8. The molecular weight excluding hydrogens is 511 g/mol. The summed E-state index contributed by atoms with van der Waals surface area (Å²) in [5, 5.41) is 10.8. The Labute approximate surface area is 194 Å². The van der Waals surface area contributed by atoms with Gasteiger partial charge in [0.05, 0.1) is 12.1 Å². The molecule has 3 aromatic rings. The van der Waals surface area contributed by atoms with E-state index in [1.54, 1.807) is 29.9 Å². The second-order valence-electron chi connectivity index (χ2n) is 6.59. The van der Waals surface area contributed by atoms with Crippen molar-refractivity contribution in [2.24, 2.45) is 7.05 Å². The molecule has 0 atom stereocenters. The van der Waals surface area contributed by atoms with Crippen molar-refractivity contribution in [2.75, 3.05) is 11.9 Å². The fraction of sp³-hybridized carbons (Fsp3) is 0.238. The number of hydrogen-bond acceptors (Lipinski definition) is 5. The van der Waals surface area contributed by atoms with Crippen molar-refractivity contribution in [1.82, 2.24) is 9.55 Å². The minimum absolute atomic E-state index is 0.0967. The first-order valence-electron chi connectivity index (χ1n) is 9.42. The van der Waals surface area contributed by atoms with E-state index in [0.29, 0.717) is 35.5 Å². The number of nitrogens with zero attached hydrogens (tertiary/aromatic N) is 2. The molecule has 2 N–H and O–H groups in total. The van der Waals surface area contributed by atoms with E-state index in [4.69, 9.17) is 14.6 Å². The first-order chi connectivity index (χ1) is 15.5. The van der Waals surface area contributed by atoms with Crippen LogP contribution in [0.4, 0.5) is 18.9 Å². The molecule has 176 valence electrons. The zero-order valence-corrected chi connectivity index (χ0v) is 18.8. The van der Waals surface area contributed by atoms with Gasteiger partial charge in [-0.25, -0.2) is 9.78 Å². The molecule has 0 fully saturated rings. The zero-order valence-electron chi connectivity index (χ0n) is 17.2. The summed E-state index contributed by atoms with van der Waals surface area (Å²) in [6, 6.07) is 12.5. The molecule has 0 aliphatic carbocycles. The number of carboxylic acids is 1. The van der Waals surface area contributed by atoms with E-state index in [0.717, 1.165) is 10.9 Å². The molecule has 1 aromatic carbocycles. The van der Waals surface area contributed by atoms with Crippen LogP contribution >= 0.6 is 15.9 Å². The van der Waals surface area contributed by atoms with E-state index in [1.165, 1.54) is 6.07 Å². The van der Waals surface area contributed by atoms with Gasteiger partial charge in [0.15, 0.2) is 0 Å². The summed E-state index contributed by atoms with van der Waals surface area (Å²) >= 11 is 3.26. The molecule has 2 aromatic heterocycles. The molecule has 8 nitrogen and oxygen atoms in total. The van der Waals surface area contributed by atoms with Crippen LogP contribution in [0.5, 0.6) is 5.75 Å². The van der Waals surface area contributed by atoms with Crippen molar-refractivity contribution < 1.29 is 32.6 Å². The van der Waals surface area contributed by atoms with Crippen LogP contribution in [0.2, 0.25) is 0 Å². The number of carbonyl (C=O) groups is 2. The summed E-state index contributed by atoms with van der Waals surface area (Å²) < 4.78 is 39.7. The molecule has 12 heteroatoms. The number of hydrogen-bond donors (Lipinski definition) is 2. The van der Waals surface area contributed by atoms with Gasteiger partial charge in [-0.2, -0.15) is 13.2 Å². The molecule has 0 saturated heterocycles. The van der Waals surface area contributed by atoms with Crippen LogP contribution in [0.25, 0.3) is 10.9 Å². The average molecular weight is 530 g/mol. The monoisotopic (exact) mass is 529 g/mol. The van der Waals surface area contributed by atoms with Gasteiger partial charge in [0.25, 0.3) is 5.56 Å². The quantitative estimate of drug-likeness (QED) is 0.367. The number of rotatable bonds is 6. The molecule has 0 saturated carbocycles. The second-order valence-corrected chi connectivity index (χ2v) is 7.41. The topological polar surface area (TPSA) is 111 Å². The van der Waals surface area contributed by atoms with Gasteiger partial charge >= 0.3 is 12.1 Å². The van der Waals surface area contributed by atoms with Crippen LogP contribution in [-0.4, -0.2) is 39.3 Å². The zero-order chi connectivity index (χ0) is 24.6. The lowest BCUT2D eigenvalue weighted by Crippen LogP contribution is -2.21. The van der Waals surface area contributed by atoms with Crippen LogP contribution in [0.1, 0.15) is 12.8 Å². The number of aromatic nitrogens is 2. The summed E-state index contributed by atoms with van der Waals surface area (Å²) in [5.41, 5.74) is 1.38. The van der Waals surface area contributed by atoms with E-state index in [-0.39, 0.29) is 11.5 Å². The van der Waals surface area contributed by atoms with E-state index in [2.05, 4.69) is 26.2 Å². The largest absolute Gasteiger partial charge is 0.493 e. The van der Waals surface area contributed by atoms with Crippen molar-refractivity contribution in [1.29, 1.82) is 0 Å². The van der Waals surface area contributed by atoms with E-state index < -0.39 is 12.1 Å². The average Bonchev–Trinajstić information content (AvgIpc) is 2.74. The Morgan fingerprint density at radius 1 is 1.21 bits per heavy atom. The Hall–Kier alpha value is -3.41. The van der Waals surface area contributed by atoms with Crippen LogP contribution in [0, 0.1) is 0 Å². The van der Waals surface area contributed by atoms with Crippen molar-refractivity contribution in [3.8, 4) is 5.75 Å². The Morgan fingerprint density at radius 2 is 1.88 bits per heavy atom. The number of nitrogens with one attached hydrogen (secondary N) is 1. The number of pyridine rings is 2. The number of aliphatic carboxylic acids is 1. The number of benzene rings is 1. The molecular formula is C21H19BrF3N3O5. The highest BCUT2D eigenvalue weighted by molar-refractivity contribution is 9.10. The van der Waals surface area contributed by atoms with Crippen molar-refractivity contribution in [3.05, 3.63) is 63.6 Å². The maximum atomic E-state index is 12.0. The number of anilines is 1. The number of amides is 1. The summed E-state index contributed by atoms with van der Waals surface area (Å²) in [5.74, 6) is -2.31. The van der Waals surface area contributed by atoms with Gasteiger partial charge in [0.1, 0.15) is 10.4 Å². The third-order valence-electron chi connectivity index (χ3n) is 4.17. The third kappa shape index (κ3) is 7.90. The summed E-state index contributed by atoms with van der Waals surface area (Å²) in [4.78, 5) is 36.9. The Bertz CT molecular complexity index is 1200. The molecule has 0 bridgehead atoms. The smallest absolute Gasteiger partial charge is 0.490 e. The molecule has 3 rings (SSSR count). The first-order valence-corrected chi connectivity index (χ1v) is 10.2. The highest BCUT2D eigenvalue weighted by atomic mass is 79.9. The fourth-order valence-electron chi connectivity index (χ4n) is 2.62. The highest BCUT2D eigenvalue weighted by Crippen LogP contribution is 2.23. The fourth-order valence-corrected chi connectivity index (χ4v) is 2.98. The Kier molecular flexibility index (Phi) is 8.97. The number of ether oxygens (including phenoxy) is 1. The highest BCUT2D eigenvalue weighted by Gasteiger charge is 2.38. The van der Waals surface area contributed by atoms with Gasteiger partial charge in [0.2, 0.25) is 5.91 Å².